The molecule has 0 aliphatic rings. The molecule has 0 heterocycles. The maximum Gasteiger partial charge on any atom is 0.308 e. The zero-order valence-corrected chi connectivity index (χ0v) is 12.0. The zero-order valence-electron chi connectivity index (χ0n) is 10.5. The minimum atomic E-state index is -0.961. The predicted molar refractivity (Wildman–Crippen MR) is 72.5 cm³/mol. The summed E-state index contributed by atoms with van der Waals surface area (Å²) < 4.78 is 14.0. The van der Waals surface area contributed by atoms with Gasteiger partial charge in [-0.05, 0) is 24.6 Å². The summed E-state index contributed by atoms with van der Waals surface area (Å²) in [7, 11) is 0. The Hall–Kier alpha value is -1.43. The third-order valence-electron chi connectivity index (χ3n) is 2.67. The van der Waals surface area contributed by atoms with Crippen molar-refractivity contribution >= 4 is 27.8 Å². The molecule has 0 aliphatic heterocycles. The van der Waals surface area contributed by atoms with E-state index in [1.807, 2.05) is 6.92 Å². The van der Waals surface area contributed by atoms with Gasteiger partial charge in [0.15, 0.2) is 0 Å². The van der Waals surface area contributed by atoms with E-state index >= 15 is 0 Å². The summed E-state index contributed by atoms with van der Waals surface area (Å²) in [5.74, 6) is -2.86. The van der Waals surface area contributed by atoms with E-state index in [9.17, 15) is 14.0 Å². The summed E-state index contributed by atoms with van der Waals surface area (Å²) in [6, 6.07) is 4.03. The monoisotopic (exact) mass is 331 g/mol. The molecule has 1 rings (SSSR count). The van der Waals surface area contributed by atoms with Gasteiger partial charge in [0.1, 0.15) is 5.82 Å². The number of carbonyl (C=O) groups excluding carboxylic acids is 1. The first-order valence-corrected chi connectivity index (χ1v) is 6.71. The van der Waals surface area contributed by atoms with Crippen LogP contribution in [0.25, 0.3) is 0 Å². The van der Waals surface area contributed by atoms with Crippen molar-refractivity contribution in [1.82, 2.24) is 5.32 Å². The van der Waals surface area contributed by atoms with E-state index in [1.54, 1.807) is 0 Å². The average Bonchev–Trinajstić information content (AvgIpc) is 2.36. The lowest BCUT2D eigenvalue weighted by atomic mass is 10.0. The average molecular weight is 332 g/mol. The highest BCUT2D eigenvalue weighted by atomic mass is 79.9. The second-order valence-corrected chi connectivity index (χ2v) is 5.07. The van der Waals surface area contributed by atoms with Crippen molar-refractivity contribution in [2.45, 2.75) is 19.8 Å². The molecule has 0 saturated heterocycles. The van der Waals surface area contributed by atoms with Gasteiger partial charge in [-0.2, -0.15) is 0 Å². The number of hydrogen-bond donors (Lipinski definition) is 2. The Morgan fingerprint density at radius 2 is 2.16 bits per heavy atom. The fraction of sp³-hybridized carbons (Fsp3) is 0.385. The Morgan fingerprint density at radius 1 is 1.47 bits per heavy atom. The Morgan fingerprint density at radius 3 is 2.74 bits per heavy atom. The van der Waals surface area contributed by atoms with Crippen LogP contribution in [0.3, 0.4) is 0 Å². The number of amides is 1. The van der Waals surface area contributed by atoms with Gasteiger partial charge in [0.2, 0.25) is 0 Å². The van der Waals surface area contributed by atoms with Crippen LogP contribution < -0.4 is 5.32 Å². The first-order valence-electron chi connectivity index (χ1n) is 5.91. The van der Waals surface area contributed by atoms with Crippen LogP contribution in [0.15, 0.2) is 22.7 Å². The number of hydrogen-bond acceptors (Lipinski definition) is 2. The van der Waals surface area contributed by atoms with Crippen molar-refractivity contribution < 1.29 is 19.1 Å². The van der Waals surface area contributed by atoms with Crippen molar-refractivity contribution in [2.75, 3.05) is 6.54 Å². The van der Waals surface area contributed by atoms with Crippen LogP contribution in [0.1, 0.15) is 30.1 Å². The number of benzene rings is 1. The number of carboxylic acid groups (broad SMARTS) is 1. The largest absolute Gasteiger partial charge is 0.481 e. The number of carboxylic acids is 1. The smallest absolute Gasteiger partial charge is 0.308 e. The molecule has 0 bridgehead atoms. The van der Waals surface area contributed by atoms with Crippen molar-refractivity contribution in [1.29, 1.82) is 0 Å². The fourth-order valence-electron chi connectivity index (χ4n) is 1.64. The summed E-state index contributed by atoms with van der Waals surface area (Å²) in [6.45, 7) is 1.86. The fourth-order valence-corrected chi connectivity index (χ4v) is 2.01. The van der Waals surface area contributed by atoms with Crippen molar-refractivity contribution in [3.8, 4) is 0 Å². The first kappa shape index (κ1) is 15.6. The standard InChI is InChI=1S/C13H15BrFNO3/c1-2-3-8(13(18)19)7-16-12(17)10-6-9(14)4-5-11(10)15/h4-6,8H,2-3,7H2,1H3,(H,16,17)(H,18,19). The van der Waals surface area contributed by atoms with Crippen LogP contribution in [0.4, 0.5) is 4.39 Å². The van der Waals surface area contributed by atoms with E-state index in [0.29, 0.717) is 17.3 Å². The lowest BCUT2D eigenvalue weighted by molar-refractivity contribution is -0.141. The van der Waals surface area contributed by atoms with Crippen LogP contribution in [0.5, 0.6) is 0 Å². The molecule has 0 spiro atoms. The lowest BCUT2D eigenvalue weighted by Gasteiger charge is -2.12. The molecule has 19 heavy (non-hydrogen) atoms. The molecule has 0 aromatic heterocycles. The van der Waals surface area contributed by atoms with E-state index in [0.717, 1.165) is 0 Å². The minimum absolute atomic E-state index is 0.00599. The molecule has 1 atom stereocenters. The van der Waals surface area contributed by atoms with Crippen LogP contribution in [-0.4, -0.2) is 23.5 Å². The van der Waals surface area contributed by atoms with Crippen LogP contribution in [-0.2, 0) is 4.79 Å². The summed E-state index contributed by atoms with van der Waals surface area (Å²) in [6.07, 6.45) is 1.18. The van der Waals surface area contributed by atoms with Gasteiger partial charge in [-0.3, -0.25) is 9.59 Å². The van der Waals surface area contributed by atoms with Gasteiger partial charge in [0.25, 0.3) is 5.91 Å². The highest BCUT2D eigenvalue weighted by Gasteiger charge is 2.19. The molecular weight excluding hydrogens is 317 g/mol. The number of rotatable bonds is 6. The Labute approximate surface area is 119 Å². The Bertz CT molecular complexity index is 479. The molecule has 6 heteroatoms. The molecule has 2 N–H and O–H groups in total. The molecule has 0 aliphatic carbocycles. The number of carbonyl (C=O) groups is 2. The molecule has 4 nitrogen and oxygen atoms in total. The Kier molecular flexibility index (Phi) is 5.95. The maximum absolute atomic E-state index is 13.5. The van der Waals surface area contributed by atoms with Crippen molar-refractivity contribution in [3.63, 3.8) is 0 Å². The summed E-state index contributed by atoms with van der Waals surface area (Å²) in [4.78, 5) is 22.7. The summed E-state index contributed by atoms with van der Waals surface area (Å²) in [5.41, 5.74) is -0.102. The van der Waals surface area contributed by atoms with Gasteiger partial charge >= 0.3 is 5.97 Å². The maximum atomic E-state index is 13.5. The first-order chi connectivity index (χ1) is 8.95. The SMILES string of the molecule is CCCC(CNC(=O)c1cc(Br)ccc1F)C(=O)O. The zero-order chi connectivity index (χ0) is 14.4. The summed E-state index contributed by atoms with van der Waals surface area (Å²) >= 11 is 3.15. The molecule has 0 fully saturated rings. The van der Waals surface area contributed by atoms with Gasteiger partial charge < -0.3 is 10.4 Å². The topological polar surface area (TPSA) is 66.4 Å². The van der Waals surface area contributed by atoms with E-state index in [1.165, 1.54) is 18.2 Å². The second-order valence-electron chi connectivity index (χ2n) is 4.16. The molecule has 1 aromatic rings. The highest BCUT2D eigenvalue weighted by molar-refractivity contribution is 9.10. The lowest BCUT2D eigenvalue weighted by Crippen LogP contribution is -2.33. The van der Waals surface area contributed by atoms with E-state index in [-0.39, 0.29) is 12.1 Å². The molecule has 1 aromatic carbocycles. The normalized spacial score (nSPS) is 11.9. The van der Waals surface area contributed by atoms with Crippen LogP contribution >= 0.6 is 15.9 Å². The molecular formula is C13H15BrFNO3. The molecule has 1 amide bonds. The molecule has 104 valence electrons. The number of aliphatic carboxylic acids is 1. The second kappa shape index (κ2) is 7.23. The van der Waals surface area contributed by atoms with Crippen molar-refractivity contribution in [2.24, 2.45) is 5.92 Å². The highest BCUT2D eigenvalue weighted by Crippen LogP contribution is 2.15. The van der Waals surface area contributed by atoms with Gasteiger partial charge in [0.05, 0.1) is 11.5 Å². The number of halogens is 2. The molecule has 0 radical (unpaired) electrons. The van der Waals surface area contributed by atoms with E-state index < -0.39 is 23.6 Å². The van der Waals surface area contributed by atoms with E-state index in [4.69, 9.17) is 5.11 Å². The minimum Gasteiger partial charge on any atom is -0.481 e. The van der Waals surface area contributed by atoms with Gasteiger partial charge in [-0.25, -0.2) is 4.39 Å². The number of nitrogens with one attached hydrogen (secondary N) is 1. The van der Waals surface area contributed by atoms with Gasteiger partial charge in [0, 0.05) is 11.0 Å². The third-order valence-corrected chi connectivity index (χ3v) is 3.16. The third kappa shape index (κ3) is 4.63. The Balaban J connectivity index is 2.69. The predicted octanol–water partition coefficient (Wildman–Crippen LogP) is 2.82. The quantitative estimate of drug-likeness (QED) is 0.842. The molecule has 1 unspecified atom stereocenters. The van der Waals surface area contributed by atoms with Gasteiger partial charge in [-0.1, -0.05) is 29.3 Å². The van der Waals surface area contributed by atoms with Crippen molar-refractivity contribution in [3.05, 3.63) is 34.1 Å². The van der Waals surface area contributed by atoms with E-state index in [2.05, 4.69) is 21.2 Å². The summed E-state index contributed by atoms with van der Waals surface area (Å²) in [5, 5.41) is 11.4. The van der Waals surface area contributed by atoms with Crippen LogP contribution in [0.2, 0.25) is 0 Å². The van der Waals surface area contributed by atoms with Crippen LogP contribution in [0, 0.1) is 11.7 Å². The molecule has 0 saturated carbocycles. The van der Waals surface area contributed by atoms with Gasteiger partial charge in [-0.15, -0.1) is 0 Å².